The lowest BCUT2D eigenvalue weighted by Crippen LogP contribution is -2.30. The van der Waals surface area contributed by atoms with Crippen molar-refractivity contribution in [3.8, 4) is 0 Å². The summed E-state index contributed by atoms with van der Waals surface area (Å²) in [5, 5.41) is 4.22. The quantitative estimate of drug-likeness (QED) is 0.676. The summed E-state index contributed by atoms with van der Waals surface area (Å²) < 4.78 is 29.7. The van der Waals surface area contributed by atoms with Crippen molar-refractivity contribution in [1.29, 1.82) is 0 Å². The minimum absolute atomic E-state index is 0.0995. The summed E-state index contributed by atoms with van der Waals surface area (Å²) in [6, 6.07) is 11.1. The topological polar surface area (TPSA) is 102 Å². The summed E-state index contributed by atoms with van der Waals surface area (Å²) in [6.45, 7) is 0.00409. The van der Waals surface area contributed by atoms with Gasteiger partial charge in [0.25, 0.3) is 5.91 Å². The maximum absolute atomic E-state index is 12.0. The van der Waals surface area contributed by atoms with E-state index in [4.69, 9.17) is 4.74 Å². The lowest BCUT2D eigenvalue weighted by Gasteiger charge is -2.08. The Labute approximate surface area is 150 Å². The van der Waals surface area contributed by atoms with Crippen LogP contribution in [0.3, 0.4) is 0 Å². The molecule has 0 aliphatic carbocycles. The standard InChI is InChI=1S/C16H18N2O5S2/c1-25(21,22)18-13-8-10-24-15(13)16(20)23-11-14(19)17-9-7-12-5-3-2-4-6-12/h2-6,8,10,18H,7,9,11H2,1H3,(H,17,19). The molecule has 0 aliphatic rings. The first kappa shape index (κ1) is 18.9. The van der Waals surface area contributed by atoms with Gasteiger partial charge in [-0.15, -0.1) is 11.3 Å². The molecule has 7 nitrogen and oxygen atoms in total. The van der Waals surface area contributed by atoms with E-state index in [0.29, 0.717) is 13.0 Å². The number of ether oxygens (including phenoxy) is 1. The maximum Gasteiger partial charge on any atom is 0.350 e. The predicted molar refractivity (Wildman–Crippen MR) is 96.2 cm³/mol. The zero-order valence-electron chi connectivity index (χ0n) is 13.5. The summed E-state index contributed by atoms with van der Waals surface area (Å²) in [6.07, 6.45) is 1.66. The molecule has 9 heteroatoms. The van der Waals surface area contributed by atoms with E-state index in [1.165, 1.54) is 6.07 Å². The van der Waals surface area contributed by atoms with Crippen molar-refractivity contribution in [1.82, 2.24) is 5.32 Å². The highest BCUT2D eigenvalue weighted by Gasteiger charge is 2.18. The monoisotopic (exact) mass is 382 g/mol. The van der Waals surface area contributed by atoms with Crippen LogP contribution in [-0.4, -0.2) is 39.7 Å². The second-order valence-corrected chi connectivity index (χ2v) is 7.86. The van der Waals surface area contributed by atoms with E-state index in [-0.39, 0.29) is 10.6 Å². The van der Waals surface area contributed by atoms with E-state index in [0.717, 1.165) is 23.2 Å². The fourth-order valence-electron chi connectivity index (χ4n) is 1.99. The van der Waals surface area contributed by atoms with Crippen LogP contribution >= 0.6 is 11.3 Å². The molecule has 1 aromatic heterocycles. The van der Waals surface area contributed by atoms with Gasteiger partial charge in [-0.25, -0.2) is 13.2 Å². The van der Waals surface area contributed by atoms with Crippen LogP contribution in [0.15, 0.2) is 41.8 Å². The van der Waals surface area contributed by atoms with Gasteiger partial charge >= 0.3 is 5.97 Å². The molecule has 1 heterocycles. The number of thiophene rings is 1. The normalized spacial score (nSPS) is 10.9. The zero-order chi connectivity index (χ0) is 18.3. The fourth-order valence-corrected chi connectivity index (χ4v) is 3.36. The maximum atomic E-state index is 12.0. The molecule has 2 rings (SSSR count). The fraction of sp³-hybridized carbons (Fsp3) is 0.250. The van der Waals surface area contributed by atoms with Crippen molar-refractivity contribution in [2.24, 2.45) is 0 Å². The highest BCUT2D eigenvalue weighted by molar-refractivity contribution is 7.92. The van der Waals surface area contributed by atoms with Crippen molar-refractivity contribution in [3.05, 3.63) is 52.2 Å². The van der Waals surface area contributed by atoms with Crippen molar-refractivity contribution < 1.29 is 22.7 Å². The highest BCUT2D eigenvalue weighted by Crippen LogP contribution is 2.23. The Morgan fingerprint density at radius 2 is 1.88 bits per heavy atom. The molecular weight excluding hydrogens is 364 g/mol. The molecule has 0 bridgehead atoms. The molecule has 0 saturated heterocycles. The zero-order valence-corrected chi connectivity index (χ0v) is 15.2. The molecule has 0 spiro atoms. The number of sulfonamides is 1. The number of nitrogens with one attached hydrogen (secondary N) is 2. The van der Waals surface area contributed by atoms with E-state index in [1.54, 1.807) is 5.38 Å². The lowest BCUT2D eigenvalue weighted by atomic mass is 10.1. The van der Waals surface area contributed by atoms with Gasteiger partial charge in [0.1, 0.15) is 4.88 Å². The minimum atomic E-state index is -3.50. The highest BCUT2D eigenvalue weighted by atomic mass is 32.2. The Morgan fingerprint density at radius 1 is 1.16 bits per heavy atom. The van der Waals surface area contributed by atoms with Crippen LogP contribution < -0.4 is 10.0 Å². The average Bonchev–Trinajstić information content (AvgIpc) is 3.00. The Morgan fingerprint density at radius 3 is 2.56 bits per heavy atom. The molecule has 25 heavy (non-hydrogen) atoms. The Kier molecular flexibility index (Phi) is 6.54. The molecular formula is C16H18N2O5S2. The number of amides is 1. The number of carbonyl (C=O) groups excluding carboxylic acids is 2. The van der Waals surface area contributed by atoms with Gasteiger partial charge in [0.2, 0.25) is 10.0 Å². The van der Waals surface area contributed by atoms with Crippen molar-refractivity contribution in [2.45, 2.75) is 6.42 Å². The Bertz CT molecular complexity index is 831. The third-order valence-electron chi connectivity index (χ3n) is 3.06. The number of carbonyl (C=O) groups is 2. The predicted octanol–water partition coefficient (Wildman–Crippen LogP) is 1.64. The van der Waals surface area contributed by atoms with Crippen LogP contribution in [0.5, 0.6) is 0 Å². The van der Waals surface area contributed by atoms with E-state index in [1.807, 2.05) is 30.3 Å². The molecule has 0 unspecified atom stereocenters. The summed E-state index contributed by atoms with van der Waals surface area (Å²) in [4.78, 5) is 23.8. The van der Waals surface area contributed by atoms with E-state index in [9.17, 15) is 18.0 Å². The van der Waals surface area contributed by atoms with Crippen LogP contribution in [0.25, 0.3) is 0 Å². The van der Waals surface area contributed by atoms with Gasteiger partial charge < -0.3 is 10.1 Å². The smallest absolute Gasteiger partial charge is 0.350 e. The molecule has 0 fully saturated rings. The minimum Gasteiger partial charge on any atom is -0.451 e. The Balaban J connectivity index is 1.78. The van der Waals surface area contributed by atoms with Crippen molar-refractivity contribution in [2.75, 3.05) is 24.1 Å². The van der Waals surface area contributed by atoms with E-state index in [2.05, 4.69) is 10.0 Å². The van der Waals surface area contributed by atoms with Gasteiger partial charge in [0, 0.05) is 6.54 Å². The third-order valence-corrected chi connectivity index (χ3v) is 4.54. The molecule has 1 aromatic carbocycles. The molecule has 1 amide bonds. The van der Waals surface area contributed by atoms with Gasteiger partial charge in [0.15, 0.2) is 6.61 Å². The second kappa shape index (κ2) is 8.63. The van der Waals surface area contributed by atoms with Crippen molar-refractivity contribution >= 4 is 38.9 Å². The van der Waals surface area contributed by atoms with Gasteiger partial charge in [-0.2, -0.15) is 0 Å². The van der Waals surface area contributed by atoms with E-state index < -0.39 is 28.5 Å². The first-order valence-electron chi connectivity index (χ1n) is 7.38. The number of hydrogen-bond donors (Lipinski definition) is 2. The van der Waals surface area contributed by atoms with Gasteiger partial charge in [-0.3, -0.25) is 9.52 Å². The molecule has 0 atom stereocenters. The average molecular weight is 382 g/mol. The molecule has 0 radical (unpaired) electrons. The number of hydrogen-bond acceptors (Lipinski definition) is 6. The van der Waals surface area contributed by atoms with Gasteiger partial charge in [-0.1, -0.05) is 30.3 Å². The van der Waals surface area contributed by atoms with Crippen LogP contribution in [0.2, 0.25) is 0 Å². The van der Waals surface area contributed by atoms with Crippen molar-refractivity contribution in [3.63, 3.8) is 0 Å². The number of benzene rings is 1. The van der Waals surface area contributed by atoms with E-state index >= 15 is 0 Å². The summed E-state index contributed by atoms with van der Waals surface area (Å²) in [5.74, 6) is -1.17. The first-order chi connectivity index (χ1) is 11.8. The molecule has 0 saturated carbocycles. The molecule has 0 aliphatic heterocycles. The molecule has 2 aromatic rings. The molecule has 2 N–H and O–H groups in total. The number of esters is 1. The summed E-state index contributed by atoms with van der Waals surface area (Å²) in [7, 11) is -3.50. The summed E-state index contributed by atoms with van der Waals surface area (Å²) in [5.41, 5.74) is 1.23. The SMILES string of the molecule is CS(=O)(=O)Nc1ccsc1C(=O)OCC(=O)NCCc1ccccc1. The number of rotatable bonds is 8. The van der Waals surface area contributed by atoms with Gasteiger partial charge in [-0.05, 0) is 23.4 Å². The largest absolute Gasteiger partial charge is 0.451 e. The van der Waals surface area contributed by atoms with Crippen LogP contribution in [-0.2, 0) is 26.0 Å². The van der Waals surface area contributed by atoms with Crippen LogP contribution in [0, 0.1) is 0 Å². The third kappa shape index (κ3) is 6.55. The van der Waals surface area contributed by atoms with Crippen LogP contribution in [0.1, 0.15) is 15.2 Å². The second-order valence-electron chi connectivity index (χ2n) is 5.20. The Hall–Kier alpha value is -2.39. The molecule has 134 valence electrons. The number of anilines is 1. The summed E-state index contributed by atoms with van der Waals surface area (Å²) >= 11 is 1.03. The van der Waals surface area contributed by atoms with Gasteiger partial charge in [0.05, 0.1) is 11.9 Å². The first-order valence-corrected chi connectivity index (χ1v) is 10.2. The lowest BCUT2D eigenvalue weighted by molar-refractivity contribution is -0.124. The van der Waals surface area contributed by atoms with Crippen LogP contribution in [0.4, 0.5) is 5.69 Å².